The van der Waals surface area contributed by atoms with Crippen molar-refractivity contribution in [3.8, 4) is 0 Å². The molecule has 4 nitrogen and oxygen atoms in total. The summed E-state index contributed by atoms with van der Waals surface area (Å²) in [6.07, 6.45) is 3.70. The molecule has 0 aromatic carbocycles. The molecule has 5 heteroatoms. The van der Waals surface area contributed by atoms with Crippen molar-refractivity contribution in [2.24, 2.45) is 0 Å². The van der Waals surface area contributed by atoms with Gasteiger partial charge in [0.15, 0.2) is 5.78 Å². The van der Waals surface area contributed by atoms with Gasteiger partial charge >= 0.3 is 0 Å². The Morgan fingerprint density at radius 2 is 2.18 bits per heavy atom. The Labute approximate surface area is 104 Å². The fourth-order valence-corrected chi connectivity index (χ4v) is 1.89. The van der Waals surface area contributed by atoms with Crippen LogP contribution in [0.5, 0.6) is 0 Å². The van der Waals surface area contributed by atoms with Crippen LogP contribution in [0.4, 0.5) is 0 Å². The van der Waals surface area contributed by atoms with E-state index < -0.39 is 6.10 Å². The summed E-state index contributed by atoms with van der Waals surface area (Å²) in [4.78, 5) is 23.7. The molecule has 17 heavy (non-hydrogen) atoms. The van der Waals surface area contributed by atoms with Gasteiger partial charge in [-0.3, -0.25) is 9.59 Å². The van der Waals surface area contributed by atoms with Crippen LogP contribution in [0.3, 0.4) is 0 Å². The molecule has 0 amide bonds. The number of thioether (sulfide) groups is 1. The molecule has 0 saturated carbocycles. The van der Waals surface area contributed by atoms with E-state index in [9.17, 15) is 9.59 Å². The summed E-state index contributed by atoms with van der Waals surface area (Å²) in [5, 5.41) is 11.8. The van der Waals surface area contributed by atoms with Crippen LogP contribution in [0, 0.1) is 0 Å². The summed E-state index contributed by atoms with van der Waals surface area (Å²) in [5.74, 6) is 0.163. The molecule has 0 aromatic rings. The number of carbonyl (C=O) groups excluding carboxylic acids is 2. The van der Waals surface area contributed by atoms with Gasteiger partial charge in [-0.05, 0) is 6.92 Å². The first-order valence-electron chi connectivity index (χ1n) is 5.22. The minimum absolute atomic E-state index is 0.190. The normalized spacial score (nSPS) is 17.3. The Bertz CT molecular complexity index is 397. The van der Waals surface area contributed by atoms with Gasteiger partial charge in [0.25, 0.3) is 0 Å². The number of ketones is 2. The monoisotopic (exact) mass is 253 g/mol. The predicted molar refractivity (Wildman–Crippen MR) is 68.5 cm³/mol. The van der Waals surface area contributed by atoms with Gasteiger partial charge < -0.3 is 10.4 Å². The highest BCUT2D eigenvalue weighted by molar-refractivity contribution is 8.04. The molecule has 0 bridgehead atoms. The molecule has 0 heterocycles. The SMILES string of the molecule is C=CCSC1=CC(=O)C(NCC(C)O)=CC1=O. The summed E-state index contributed by atoms with van der Waals surface area (Å²) in [5.41, 5.74) is 0.235. The maximum atomic E-state index is 11.6. The van der Waals surface area contributed by atoms with Crippen LogP contribution in [0.1, 0.15) is 6.92 Å². The van der Waals surface area contributed by atoms with Crippen LogP contribution >= 0.6 is 11.8 Å². The van der Waals surface area contributed by atoms with Crippen molar-refractivity contribution in [2.45, 2.75) is 13.0 Å². The molecule has 0 fully saturated rings. The lowest BCUT2D eigenvalue weighted by atomic mass is 10.1. The number of nitrogens with one attached hydrogen (secondary N) is 1. The number of hydrogen-bond donors (Lipinski definition) is 2. The van der Waals surface area contributed by atoms with Gasteiger partial charge in [-0.25, -0.2) is 0 Å². The van der Waals surface area contributed by atoms with Gasteiger partial charge in [0.2, 0.25) is 5.78 Å². The van der Waals surface area contributed by atoms with Crippen LogP contribution in [0.25, 0.3) is 0 Å². The second kappa shape index (κ2) is 6.42. The summed E-state index contributed by atoms with van der Waals surface area (Å²) in [7, 11) is 0. The smallest absolute Gasteiger partial charge is 0.203 e. The largest absolute Gasteiger partial charge is 0.392 e. The van der Waals surface area contributed by atoms with Gasteiger partial charge in [-0.2, -0.15) is 0 Å². The molecule has 1 aliphatic carbocycles. The van der Waals surface area contributed by atoms with Crippen LogP contribution < -0.4 is 5.32 Å². The third-order valence-electron chi connectivity index (χ3n) is 1.99. The second-order valence-corrected chi connectivity index (χ2v) is 4.69. The summed E-state index contributed by atoms with van der Waals surface area (Å²) >= 11 is 1.29. The molecule has 1 rings (SSSR count). The lowest BCUT2D eigenvalue weighted by molar-refractivity contribution is -0.115. The van der Waals surface area contributed by atoms with E-state index in [-0.39, 0.29) is 23.8 Å². The van der Waals surface area contributed by atoms with E-state index in [0.717, 1.165) is 0 Å². The molecular formula is C12H15NO3S. The first-order valence-corrected chi connectivity index (χ1v) is 6.21. The molecule has 1 atom stereocenters. The average Bonchev–Trinajstić information content (AvgIpc) is 2.27. The van der Waals surface area contributed by atoms with Crippen LogP contribution in [0.2, 0.25) is 0 Å². The minimum atomic E-state index is -0.570. The molecule has 1 unspecified atom stereocenters. The van der Waals surface area contributed by atoms with Gasteiger partial charge in [0, 0.05) is 24.4 Å². The number of rotatable bonds is 6. The Morgan fingerprint density at radius 1 is 1.47 bits per heavy atom. The highest BCUT2D eigenvalue weighted by Crippen LogP contribution is 2.21. The summed E-state index contributed by atoms with van der Waals surface area (Å²) in [6, 6.07) is 0. The topological polar surface area (TPSA) is 66.4 Å². The maximum absolute atomic E-state index is 11.6. The van der Waals surface area contributed by atoms with Gasteiger partial charge in [-0.15, -0.1) is 18.3 Å². The van der Waals surface area contributed by atoms with Crippen molar-refractivity contribution in [3.63, 3.8) is 0 Å². The third kappa shape index (κ3) is 4.20. The molecule has 0 radical (unpaired) electrons. The van der Waals surface area contributed by atoms with E-state index in [2.05, 4.69) is 11.9 Å². The van der Waals surface area contributed by atoms with E-state index in [1.54, 1.807) is 13.0 Å². The van der Waals surface area contributed by atoms with E-state index in [1.807, 2.05) is 0 Å². The highest BCUT2D eigenvalue weighted by atomic mass is 32.2. The van der Waals surface area contributed by atoms with E-state index >= 15 is 0 Å². The van der Waals surface area contributed by atoms with Gasteiger partial charge in [0.1, 0.15) is 0 Å². The van der Waals surface area contributed by atoms with Crippen molar-refractivity contribution in [1.29, 1.82) is 0 Å². The lowest BCUT2D eigenvalue weighted by Crippen LogP contribution is -2.29. The lowest BCUT2D eigenvalue weighted by Gasteiger charge is -2.14. The van der Waals surface area contributed by atoms with Crippen molar-refractivity contribution in [2.75, 3.05) is 12.3 Å². The van der Waals surface area contributed by atoms with Crippen LogP contribution in [0.15, 0.2) is 35.4 Å². The Hall–Kier alpha value is -1.33. The zero-order valence-corrected chi connectivity index (χ0v) is 10.4. The highest BCUT2D eigenvalue weighted by Gasteiger charge is 2.20. The fourth-order valence-electron chi connectivity index (χ4n) is 1.20. The third-order valence-corrected chi connectivity index (χ3v) is 3.02. The molecule has 0 spiro atoms. The Kier molecular flexibility index (Phi) is 5.18. The number of allylic oxidation sites excluding steroid dienone is 3. The zero-order chi connectivity index (χ0) is 12.8. The number of aliphatic hydroxyl groups is 1. The quantitative estimate of drug-likeness (QED) is 0.541. The molecule has 1 aliphatic rings. The standard InChI is InChI=1S/C12H15NO3S/c1-3-4-17-12-6-10(15)9(5-11(12)16)13-7-8(2)14/h3,5-6,8,13-14H,1,4,7H2,2H3. The first kappa shape index (κ1) is 13.7. The number of carbonyl (C=O) groups is 2. The predicted octanol–water partition coefficient (Wildman–Crippen LogP) is 0.796. The van der Waals surface area contributed by atoms with Crippen LogP contribution in [-0.2, 0) is 9.59 Å². The van der Waals surface area contributed by atoms with Gasteiger partial charge in [-0.1, -0.05) is 6.08 Å². The Balaban J connectivity index is 2.66. The second-order valence-electron chi connectivity index (χ2n) is 3.62. The van der Waals surface area contributed by atoms with E-state index in [0.29, 0.717) is 10.7 Å². The number of aliphatic hydroxyl groups excluding tert-OH is 1. The molecule has 0 aliphatic heterocycles. The first-order chi connectivity index (χ1) is 8.04. The molecule has 2 N–H and O–H groups in total. The van der Waals surface area contributed by atoms with Crippen molar-refractivity contribution in [3.05, 3.63) is 35.4 Å². The minimum Gasteiger partial charge on any atom is -0.392 e. The van der Waals surface area contributed by atoms with E-state index in [4.69, 9.17) is 5.11 Å². The summed E-state index contributed by atoms with van der Waals surface area (Å²) in [6.45, 7) is 5.40. The van der Waals surface area contributed by atoms with Crippen molar-refractivity contribution in [1.82, 2.24) is 5.32 Å². The summed E-state index contributed by atoms with van der Waals surface area (Å²) < 4.78 is 0. The number of hydrogen-bond acceptors (Lipinski definition) is 5. The average molecular weight is 253 g/mol. The fraction of sp³-hybridized carbons (Fsp3) is 0.333. The van der Waals surface area contributed by atoms with Gasteiger partial charge in [0.05, 0.1) is 16.7 Å². The van der Waals surface area contributed by atoms with Crippen molar-refractivity contribution >= 4 is 23.3 Å². The van der Waals surface area contributed by atoms with E-state index in [1.165, 1.54) is 23.9 Å². The van der Waals surface area contributed by atoms with Crippen LogP contribution in [-0.4, -0.2) is 35.1 Å². The molecule has 0 saturated heterocycles. The molecular weight excluding hydrogens is 238 g/mol. The maximum Gasteiger partial charge on any atom is 0.203 e. The molecule has 92 valence electrons. The Morgan fingerprint density at radius 3 is 2.76 bits per heavy atom. The zero-order valence-electron chi connectivity index (χ0n) is 9.60. The van der Waals surface area contributed by atoms with Crippen molar-refractivity contribution < 1.29 is 14.7 Å². The molecule has 0 aromatic heterocycles.